The van der Waals surface area contributed by atoms with Crippen molar-refractivity contribution >= 4 is 33.4 Å². The number of carbonyl (C=O) groups excluding carboxylic acids is 1. The molecular weight excluding hydrogens is 316 g/mol. The summed E-state index contributed by atoms with van der Waals surface area (Å²) in [6.07, 6.45) is 2.22. The Bertz CT molecular complexity index is 433. The Morgan fingerprint density at radius 1 is 1.56 bits per heavy atom. The molecule has 0 saturated carbocycles. The number of hydrogen-bond donors (Lipinski definition) is 2. The van der Waals surface area contributed by atoms with E-state index in [4.69, 9.17) is 11.6 Å². The van der Waals surface area contributed by atoms with Crippen LogP contribution in [-0.2, 0) is 0 Å². The number of benzene rings is 1. The van der Waals surface area contributed by atoms with Gasteiger partial charge in [-0.3, -0.25) is 4.79 Å². The minimum Gasteiger partial charge on any atom is -0.352 e. The predicted octanol–water partition coefficient (Wildman–Crippen LogP) is 2.83. The molecule has 1 fully saturated rings. The molecule has 1 heterocycles. The van der Waals surface area contributed by atoms with Gasteiger partial charge in [0, 0.05) is 11.0 Å². The molecule has 1 aromatic carbocycles. The largest absolute Gasteiger partial charge is 0.352 e. The van der Waals surface area contributed by atoms with Gasteiger partial charge in [-0.05, 0) is 50.0 Å². The van der Waals surface area contributed by atoms with Crippen LogP contribution < -0.4 is 10.6 Å². The Morgan fingerprint density at radius 3 is 3.06 bits per heavy atom. The zero-order valence-corrected chi connectivity index (χ0v) is 12.4. The van der Waals surface area contributed by atoms with Crippen LogP contribution in [-0.4, -0.2) is 25.5 Å². The second-order valence-corrected chi connectivity index (χ2v) is 5.85. The van der Waals surface area contributed by atoms with Crippen LogP contribution in [0.3, 0.4) is 0 Å². The molecule has 1 atom stereocenters. The highest BCUT2D eigenvalue weighted by atomic mass is 79.9. The summed E-state index contributed by atoms with van der Waals surface area (Å²) in [7, 11) is 0. The van der Waals surface area contributed by atoms with Crippen LogP contribution in [0.25, 0.3) is 0 Å². The molecule has 1 unspecified atom stereocenters. The van der Waals surface area contributed by atoms with Gasteiger partial charge in [0.25, 0.3) is 5.91 Å². The third-order valence-electron chi connectivity index (χ3n) is 3.18. The topological polar surface area (TPSA) is 41.1 Å². The highest BCUT2D eigenvalue weighted by Gasteiger charge is 2.15. The molecule has 0 radical (unpaired) electrons. The number of hydrogen-bond acceptors (Lipinski definition) is 2. The fraction of sp³-hybridized carbons (Fsp3) is 0.462. The Balaban J connectivity index is 1.83. The first-order valence-corrected chi connectivity index (χ1v) is 7.28. The third kappa shape index (κ3) is 3.70. The lowest BCUT2D eigenvalue weighted by molar-refractivity contribution is 0.0952. The van der Waals surface area contributed by atoms with Crippen LogP contribution in [0, 0.1) is 5.92 Å². The fourth-order valence-electron chi connectivity index (χ4n) is 2.12. The van der Waals surface area contributed by atoms with Gasteiger partial charge in [0.2, 0.25) is 0 Å². The minimum absolute atomic E-state index is 0.0987. The standard InChI is InChI=1S/C13H16BrClN2O/c14-10-1-2-11(12(15)7-10)13(18)17-6-4-9-3-5-16-8-9/h1-2,7,9,16H,3-6,8H2,(H,17,18). The molecule has 0 aliphatic carbocycles. The summed E-state index contributed by atoms with van der Waals surface area (Å²) in [4.78, 5) is 11.9. The molecule has 0 aromatic heterocycles. The van der Waals surface area contributed by atoms with Crippen LogP contribution in [0.5, 0.6) is 0 Å². The molecule has 98 valence electrons. The van der Waals surface area contributed by atoms with E-state index in [1.54, 1.807) is 12.1 Å². The summed E-state index contributed by atoms with van der Waals surface area (Å²) >= 11 is 9.35. The Hall–Kier alpha value is -0.580. The van der Waals surface area contributed by atoms with Crippen LogP contribution >= 0.6 is 27.5 Å². The van der Waals surface area contributed by atoms with E-state index in [-0.39, 0.29) is 5.91 Å². The average Bonchev–Trinajstić information content (AvgIpc) is 2.81. The normalized spacial score (nSPS) is 18.9. The van der Waals surface area contributed by atoms with E-state index in [1.165, 1.54) is 6.42 Å². The van der Waals surface area contributed by atoms with E-state index in [9.17, 15) is 4.79 Å². The summed E-state index contributed by atoms with van der Waals surface area (Å²) in [5.41, 5.74) is 0.532. The maximum atomic E-state index is 11.9. The van der Waals surface area contributed by atoms with Gasteiger partial charge in [0.1, 0.15) is 0 Å². The first kappa shape index (κ1) is 13.8. The van der Waals surface area contributed by atoms with Gasteiger partial charge in [-0.15, -0.1) is 0 Å². The van der Waals surface area contributed by atoms with Crippen LogP contribution in [0.4, 0.5) is 0 Å². The molecule has 1 amide bonds. The van der Waals surface area contributed by atoms with E-state index >= 15 is 0 Å². The van der Waals surface area contributed by atoms with Crippen molar-refractivity contribution in [2.24, 2.45) is 5.92 Å². The molecule has 18 heavy (non-hydrogen) atoms. The molecule has 1 aliphatic rings. The van der Waals surface area contributed by atoms with Gasteiger partial charge in [0.05, 0.1) is 10.6 Å². The lowest BCUT2D eigenvalue weighted by Gasteiger charge is -2.10. The van der Waals surface area contributed by atoms with Crippen molar-refractivity contribution in [1.82, 2.24) is 10.6 Å². The van der Waals surface area contributed by atoms with Crippen LogP contribution in [0.1, 0.15) is 23.2 Å². The van der Waals surface area contributed by atoms with Gasteiger partial charge in [0.15, 0.2) is 0 Å². The monoisotopic (exact) mass is 330 g/mol. The molecule has 0 spiro atoms. The lowest BCUT2D eigenvalue weighted by Crippen LogP contribution is -2.26. The van der Waals surface area contributed by atoms with E-state index in [0.29, 0.717) is 23.0 Å². The maximum Gasteiger partial charge on any atom is 0.252 e. The summed E-state index contributed by atoms with van der Waals surface area (Å²) in [6, 6.07) is 5.29. The lowest BCUT2D eigenvalue weighted by atomic mass is 10.1. The van der Waals surface area contributed by atoms with Crippen molar-refractivity contribution in [3.05, 3.63) is 33.3 Å². The maximum absolute atomic E-state index is 11.9. The van der Waals surface area contributed by atoms with Crippen LogP contribution in [0.15, 0.2) is 22.7 Å². The number of halogens is 2. The summed E-state index contributed by atoms with van der Waals surface area (Å²) in [5, 5.41) is 6.71. The zero-order valence-electron chi connectivity index (χ0n) is 10.0. The summed E-state index contributed by atoms with van der Waals surface area (Å²) in [6.45, 7) is 2.86. The SMILES string of the molecule is O=C(NCCC1CCNC1)c1ccc(Br)cc1Cl. The number of nitrogens with one attached hydrogen (secondary N) is 2. The molecule has 5 heteroatoms. The van der Waals surface area contributed by atoms with E-state index in [2.05, 4.69) is 26.6 Å². The Morgan fingerprint density at radius 2 is 2.39 bits per heavy atom. The molecule has 1 aliphatic heterocycles. The first-order chi connectivity index (χ1) is 8.66. The van der Waals surface area contributed by atoms with E-state index in [0.717, 1.165) is 24.0 Å². The third-order valence-corrected chi connectivity index (χ3v) is 3.98. The molecule has 3 nitrogen and oxygen atoms in total. The fourth-order valence-corrected chi connectivity index (χ4v) is 2.88. The molecule has 0 bridgehead atoms. The molecule has 1 saturated heterocycles. The molecule has 2 N–H and O–H groups in total. The molecule has 2 rings (SSSR count). The zero-order chi connectivity index (χ0) is 13.0. The van der Waals surface area contributed by atoms with Crippen molar-refractivity contribution in [2.75, 3.05) is 19.6 Å². The second kappa shape index (κ2) is 6.55. The van der Waals surface area contributed by atoms with Gasteiger partial charge < -0.3 is 10.6 Å². The van der Waals surface area contributed by atoms with Gasteiger partial charge >= 0.3 is 0 Å². The Labute approximate surface area is 120 Å². The highest BCUT2D eigenvalue weighted by molar-refractivity contribution is 9.10. The first-order valence-electron chi connectivity index (χ1n) is 6.11. The summed E-state index contributed by atoms with van der Waals surface area (Å²) in [5.74, 6) is 0.587. The number of rotatable bonds is 4. The van der Waals surface area contributed by atoms with Crippen molar-refractivity contribution in [2.45, 2.75) is 12.8 Å². The van der Waals surface area contributed by atoms with Crippen molar-refractivity contribution < 1.29 is 4.79 Å². The minimum atomic E-state index is -0.0987. The quantitative estimate of drug-likeness (QED) is 0.891. The van der Waals surface area contributed by atoms with Gasteiger partial charge in [-0.2, -0.15) is 0 Å². The summed E-state index contributed by atoms with van der Waals surface area (Å²) < 4.78 is 0.876. The predicted molar refractivity (Wildman–Crippen MR) is 77.1 cm³/mol. The number of carbonyl (C=O) groups is 1. The Kier molecular flexibility index (Phi) is 5.03. The van der Waals surface area contributed by atoms with Gasteiger partial charge in [-0.1, -0.05) is 27.5 Å². The van der Waals surface area contributed by atoms with Gasteiger partial charge in [-0.25, -0.2) is 0 Å². The average molecular weight is 332 g/mol. The highest BCUT2D eigenvalue weighted by Crippen LogP contribution is 2.21. The number of amides is 1. The van der Waals surface area contributed by atoms with Crippen molar-refractivity contribution in [3.8, 4) is 0 Å². The van der Waals surface area contributed by atoms with E-state index in [1.807, 2.05) is 6.07 Å². The molecule has 1 aromatic rings. The second-order valence-electron chi connectivity index (χ2n) is 4.53. The smallest absolute Gasteiger partial charge is 0.252 e. The van der Waals surface area contributed by atoms with Crippen molar-refractivity contribution in [3.63, 3.8) is 0 Å². The van der Waals surface area contributed by atoms with Crippen LogP contribution in [0.2, 0.25) is 5.02 Å². The molecular formula is C13H16BrClN2O. The van der Waals surface area contributed by atoms with Crippen molar-refractivity contribution in [1.29, 1.82) is 0 Å². The van der Waals surface area contributed by atoms with E-state index < -0.39 is 0 Å².